The highest BCUT2D eigenvalue weighted by atomic mass is 16.4. The average molecular weight is 244 g/mol. The molecule has 0 aliphatic carbocycles. The molecule has 0 amide bonds. The molecule has 2 aromatic rings. The van der Waals surface area contributed by atoms with Gasteiger partial charge < -0.3 is 15.3 Å². The zero-order valence-electron chi connectivity index (χ0n) is 9.45. The van der Waals surface area contributed by atoms with Gasteiger partial charge in [-0.15, -0.1) is 0 Å². The number of para-hydroxylation sites is 1. The van der Waals surface area contributed by atoms with Gasteiger partial charge in [-0.2, -0.15) is 0 Å². The van der Waals surface area contributed by atoms with Gasteiger partial charge in [0.15, 0.2) is 0 Å². The predicted molar refractivity (Wildman–Crippen MR) is 65.6 cm³/mol. The first kappa shape index (κ1) is 12.1. The first-order valence-corrected chi connectivity index (χ1v) is 5.39. The van der Waals surface area contributed by atoms with Crippen molar-refractivity contribution >= 4 is 5.97 Å². The first-order valence-electron chi connectivity index (χ1n) is 5.39. The summed E-state index contributed by atoms with van der Waals surface area (Å²) < 4.78 is 0. The third-order valence-electron chi connectivity index (χ3n) is 2.72. The lowest BCUT2D eigenvalue weighted by molar-refractivity contribution is 0.0691. The van der Waals surface area contributed by atoms with Crippen LogP contribution in [-0.4, -0.2) is 21.3 Å². The van der Waals surface area contributed by atoms with Gasteiger partial charge in [0.2, 0.25) is 0 Å². The Morgan fingerprint density at radius 3 is 2.11 bits per heavy atom. The minimum atomic E-state index is -1.17. The number of carbonyl (C=O) groups is 1. The highest BCUT2D eigenvalue weighted by Gasteiger charge is 2.19. The molecule has 0 aliphatic rings. The quantitative estimate of drug-likeness (QED) is 0.773. The lowest BCUT2D eigenvalue weighted by Gasteiger charge is -2.15. The molecule has 0 saturated heterocycles. The smallest absolute Gasteiger partial charge is 0.336 e. The fourth-order valence-corrected chi connectivity index (χ4v) is 1.82. The van der Waals surface area contributed by atoms with E-state index in [0.717, 1.165) is 0 Å². The lowest BCUT2D eigenvalue weighted by Crippen LogP contribution is -2.08. The van der Waals surface area contributed by atoms with Crippen molar-refractivity contribution in [2.45, 2.75) is 6.10 Å². The second-order valence-electron chi connectivity index (χ2n) is 3.85. The second-order valence-corrected chi connectivity index (χ2v) is 3.85. The normalized spacial score (nSPS) is 12.1. The van der Waals surface area contributed by atoms with Crippen LogP contribution in [0.5, 0.6) is 5.75 Å². The van der Waals surface area contributed by atoms with Crippen molar-refractivity contribution in [3.05, 3.63) is 65.2 Å². The monoisotopic (exact) mass is 244 g/mol. The van der Waals surface area contributed by atoms with Gasteiger partial charge in [-0.05, 0) is 17.7 Å². The van der Waals surface area contributed by atoms with Crippen LogP contribution in [-0.2, 0) is 0 Å². The fourth-order valence-electron chi connectivity index (χ4n) is 1.82. The zero-order chi connectivity index (χ0) is 13.1. The molecule has 0 aliphatic heterocycles. The number of hydrogen-bond donors (Lipinski definition) is 3. The van der Waals surface area contributed by atoms with Crippen LogP contribution in [0.3, 0.4) is 0 Å². The van der Waals surface area contributed by atoms with Gasteiger partial charge in [-0.25, -0.2) is 4.79 Å². The van der Waals surface area contributed by atoms with Crippen LogP contribution in [0.1, 0.15) is 27.6 Å². The fraction of sp³-hybridized carbons (Fsp3) is 0.0714. The van der Waals surface area contributed by atoms with Crippen molar-refractivity contribution in [1.29, 1.82) is 0 Å². The van der Waals surface area contributed by atoms with Crippen LogP contribution in [0, 0.1) is 0 Å². The molecule has 0 fully saturated rings. The standard InChI is InChI=1S/C14H12O4/c15-12-8-4-3-7-11(12)13(16)9-5-1-2-6-10(9)14(17)18/h1-8,13,15-16H,(H,17,18). The van der Waals surface area contributed by atoms with Crippen molar-refractivity contribution < 1.29 is 20.1 Å². The molecule has 0 heterocycles. The lowest BCUT2D eigenvalue weighted by atomic mass is 9.96. The Labute approximate surface area is 104 Å². The van der Waals surface area contributed by atoms with Crippen molar-refractivity contribution in [3.63, 3.8) is 0 Å². The number of phenols is 1. The van der Waals surface area contributed by atoms with E-state index >= 15 is 0 Å². The van der Waals surface area contributed by atoms with Gasteiger partial charge in [-0.3, -0.25) is 0 Å². The number of aliphatic hydroxyl groups is 1. The molecule has 1 atom stereocenters. The van der Waals surface area contributed by atoms with Crippen molar-refractivity contribution in [3.8, 4) is 5.75 Å². The Hall–Kier alpha value is -2.33. The van der Waals surface area contributed by atoms with E-state index in [4.69, 9.17) is 5.11 Å². The van der Waals surface area contributed by atoms with Crippen LogP contribution in [0.2, 0.25) is 0 Å². The molecule has 2 rings (SSSR count). The van der Waals surface area contributed by atoms with E-state index in [9.17, 15) is 15.0 Å². The van der Waals surface area contributed by atoms with Crippen LogP contribution in [0.15, 0.2) is 48.5 Å². The largest absolute Gasteiger partial charge is 0.508 e. The average Bonchev–Trinajstić information content (AvgIpc) is 2.38. The van der Waals surface area contributed by atoms with Gasteiger partial charge in [0.1, 0.15) is 11.9 Å². The summed E-state index contributed by atoms with van der Waals surface area (Å²) in [4.78, 5) is 11.1. The number of aliphatic hydroxyl groups excluding tert-OH is 1. The molecule has 4 nitrogen and oxygen atoms in total. The summed E-state index contributed by atoms with van der Waals surface area (Å²) in [6.45, 7) is 0. The maximum Gasteiger partial charge on any atom is 0.336 e. The Bertz CT molecular complexity index is 578. The van der Waals surface area contributed by atoms with E-state index < -0.39 is 12.1 Å². The molecule has 1 unspecified atom stereocenters. The summed E-state index contributed by atoms with van der Waals surface area (Å²) >= 11 is 0. The molecule has 0 aromatic heterocycles. The van der Waals surface area contributed by atoms with Crippen molar-refractivity contribution in [2.24, 2.45) is 0 Å². The number of carboxylic acids is 1. The Kier molecular flexibility index (Phi) is 3.30. The second kappa shape index (κ2) is 4.89. The third-order valence-corrected chi connectivity index (χ3v) is 2.72. The molecule has 3 N–H and O–H groups in total. The number of hydrogen-bond acceptors (Lipinski definition) is 3. The van der Waals surface area contributed by atoms with Gasteiger partial charge in [0.05, 0.1) is 5.56 Å². The van der Waals surface area contributed by atoms with E-state index in [0.29, 0.717) is 0 Å². The molecule has 0 spiro atoms. The molecule has 0 saturated carbocycles. The van der Waals surface area contributed by atoms with Gasteiger partial charge >= 0.3 is 5.97 Å². The Balaban J connectivity index is 2.50. The molecule has 92 valence electrons. The van der Waals surface area contributed by atoms with Crippen LogP contribution >= 0.6 is 0 Å². The molecule has 2 aromatic carbocycles. The number of aromatic hydroxyl groups is 1. The van der Waals surface area contributed by atoms with Crippen LogP contribution < -0.4 is 0 Å². The topological polar surface area (TPSA) is 77.8 Å². The number of phenolic OH excluding ortho intramolecular Hbond substituents is 1. The summed E-state index contributed by atoms with van der Waals surface area (Å²) in [6, 6.07) is 12.5. The molecule has 0 bridgehead atoms. The Morgan fingerprint density at radius 1 is 0.944 bits per heavy atom. The summed E-state index contributed by atoms with van der Waals surface area (Å²) in [6.07, 6.45) is -1.17. The van der Waals surface area contributed by atoms with Gasteiger partial charge in [-0.1, -0.05) is 36.4 Å². The maximum absolute atomic E-state index is 11.1. The molecule has 0 radical (unpaired) electrons. The Morgan fingerprint density at radius 2 is 1.50 bits per heavy atom. The minimum absolute atomic E-state index is 0.0215. The van der Waals surface area contributed by atoms with E-state index in [2.05, 4.69) is 0 Å². The van der Waals surface area contributed by atoms with E-state index in [-0.39, 0.29) is 22.4 Å². The first-order chi connectivity index (χ1) is 8.61. The van der Waals surface area contributed by atoms with Crippen LogP contribution in [0.4, 0.5) is 0 Å². The number of aromatic carboxylic acids is 1. The number of benzene rings is 2. The van der Waals surface area contributed by atoms with Crippen molar-refractivity contribution in [1.82, 2.24) is 0 Å². The predicted octanol–water partition coefficient (Wildman–Crippen LogP) is 2.17. The SMILES string of the molecule is O=C(O)c1ccccc1C(O)c1ccccc1O. The van der Waals surface area contributed by atoms with Crippen LogP contribution in [0.25, 0.3) is 0 Å². The molecule has 4 heteroatoms. The van der Waals surface area contributed by atoms with Crippen molar-refractivity contribution in [2.75, 3.05) is 0 Å². The van der Waals surface area contributed by atoms with E-state index in [1.54, 1.807) is 30.3 Å². The summed E-state index contributed by atoms with van der Waals surface area (Å²) in [7, 11) is 0. The summed E-state index contributed by atoms with van der Waals surface area (Å²) in [5, 5.41) is 28.9. The van der Waals surface area contributed by atoms with E-state index in [1.165, 1.54) is 18.2 Å². The third kappa shape index (κ3) is 2.19. The van der Waals surface area contributed by atoms with Gasteiger partial charge in [0, 0.05) is 5.56 Å². The minimum Gasteiger partial charge on any atom is -0.508 e. The summed E-state index contributed by atoms with van der Waals surface area (Å²) in [5.74, 6) is -1.18. The van der Waals surface area contributed by atoms with E-state index in [1.807, 2.05) is 0 Å². The summed E-state index contributed by atoms with van der Waals surface area (Å²) in [5.41, 5.74) is 0.561. The van der Waals surface area contributed by atoms with Gasteiger partial charge in [0.25, 0.3) is 0 Å². The zero-order valence-corrected chi connectivity index (χ0v) is 9.45. The maximum atomic E-state index is 11.1. The number of rotatable bonds is 3. The highest BCUT2D eigenvalue weighted by molar-refractivity contribution is 5.89. The molecular weight excluding hydrogens is 232 g/mol. The molecular formula is C14H12O4. The molecule has 18 heavy (non-hydrogen) atoms. The highest BCUT2D eigenvalue weighted by Crippen LogP contribution is 2.30. The number of carboxylic acid groups (broad SMARTS) is 1.